The number of thiophene rings is 1. The van der Waals surface area contributed by atoms with Gasteiger partial charge in [-0.15, -0.1) is 11.3 Å². The Hall–Kier alpha value is -0.380. The van der Waals surface area contributed by atoms with Crippen LogP contribution in [0.15, 0.2) is 11.4 Å². The van der Waals surface area contributed by atoms with Crippen molar-refractivity contribution in [1.82, 2.24) is 0 Å². The SMILES string of the molecule is CCC(N)c1ccsc1CO. The summed E-state index contributed by atoms with van der Waals surface area (Å²) in [5.74, 6) is 0. The van der Waals surface area contributed by atoms with Gasteiger partial charge in [0, 0.05) is 10.9 Å². The Morgan fingerprint density at radius 1 is 1.73 bits per heavy atom. The Balaban J connectivity index is 2.83. The number of hydrogen-bond donors (Lipinski definition) is 2. The van der Waals surface area contributed by atoms with Crippen molar-refractivity contribution in [3.8, 4) is 0 Å². The molecule has 11 heavy (non-hydrogen) atoms. The van der Waals surface area contributed by atoms with Gasteiger partial charge in [-0.3, -0.25) is 0 Å². The fourth-order valence-electron chi connectivity index (χ4n) is 1.03. The zero-order valence-electron chi connectivity index (χ0n) is 6.58. The number of nitrogens with two attached hydrogens (primary N) is 1. The molecule has 62 valence electrons. The fourth-order valence-corrected chi connectivity index (χ4v) is 1.84. The summed E-state index contributed by atoms with van der Waals surface area (Å²) in [6, 6.07) is 2.08. The molecule has 0 aliphatic rings. The van der Waals surface area contributed by atoms with Crippen molar-refractivity contribution in [1.29, 1.82) is 0 Å². The maximum absolute atomic E-state index is 8.91. The van der Waals surface area contributed by atoms with Gasteiger partial charge in [0.25, 0.3) is 0 Å². The van der Waals surface area contributed by atoms with Crippen LogP contribution in [0.1, 0.15) is 29.8 Å². The molecule has 1 rings (SSSR count). The van der Waals surface area contributed by atoms with Crippen LogP contribution in [0, 0.1) is 0 Å². The Labute approximate surface area is 70.7 Å². The molecule has 0 spiro atoms. The molecule has 0 aromatic carbocycles. The van der Waals surface area contributed by atoms with Crippen molar-refractivity contribution in [3.63, 3.8) is 0 Å². The molecule has 0 radical (unpaired) electrons. The van der Waals surface area contributed by atoms with Gasteiger partial charge >= 0.3 is 0 Å². The van der Waals surface area contributed by atoms with E-state index < -0.39 is 0 Å². The first kappa shape index (κ1) is 8.71. The molecule has 0 saturated carbocycles. The lowest BCUT2D eigenvalue weighted by atomic mass is 10.1. The molecule has 2 nitrogen and oxygen atoms in total. The van der Waals surface area contributed by atoms with E-state index >= 15 is 0 Å². The second kappa shape index (κ2) is 3.85. The maximum atomic E-state index is 8.91. The predicted octanol–water partition coefficient (Wildman–Crippen LogP) is 1.65. The highest BCUT2D eigenvalue weighted by atomic mass is 32.1. The van der Waals surface area contributed by atoms with Gasteiger partial charge in [-0.05, 0) is 23.4 Å². The van der Waals surface area contributed by atoms with Gasteiger partial charge in [0.15, 0.2) is 0 Å². The lowest BCUT2D eigenvalue weighted by Gasteiger charge is -2.07. The minimum absolute atomic E-state index is 0.0865. The van der Waals surface area contributed by atoms with Crippen LogP contribution in [-0.2, 0) is 6.61 Å². The topological polar surface area (TPSA) is 46.2 Å². The molecule has 1 heterocycles. The number of rotatable bonds is 3. The first-order chi connectivity index (χ1) is 5.29. The van der Waals surface area contributed by atoms with E-state index in [0.29, 0.717) is 0 Å². The molecule has 0 fully saturated rings. The van der Waals surface area contributed by atoms with Crippen LogP contribution in [0.3, 0.4) is 0 Å². The molecule has 0 aliphatic carbocycles. The highest BCUT2D eigenvalue weighted by molar-refractivity contribution is 7.10. The van der Waals surface area contributed by atoms with Crippen molar-refractivity contribution >= 4 is 11.3 Å². The van der Waals surface area contributed by atoms with Gasteiger partial charge in [-0.25, -0.2) is 0 Å². The maximum Gasteiger partial charge on any atom is 0.0777 e. The van der Waals surface area contributed by atoms with E-state index in [1.165, 1.54) is 0 Å². The molecular weight excluding hydrogens is 158 g/mol. The lowest BCUT2D eigenvalue weighted by Crippen LogP contribution is -2.09. The van der Waals surface area contributed by atoms with Crippen molar-refractivity contribution in [2.24, 2.45) is 5.73 Å². The average Bonchev–Trinajstić information content (AvgIpc) is 2.50. The van der Waals surface area contributed by atoms with Crippen molar-refractivity contribution in [2.75, 3.05) is 0 Å². The van der Waals surface area contributed by atoms with Crippen LogP contribution in [0.25, 0.3) is 0 Å². The Kier molecular flexibility index (Phi) is 3.05. The molecular formula is C8H13NOS. The Morgan fingerprint density at radius 3 is 3.00 bits per heavy atom. The summed E-state index contributed by atoms with van der Waals surface area (Å²) in [7, 11) is 0. The minimum Gasteiger partial charge on any atom is -0.391 e. The second-order valence-corrected chi connectivity index (χ2v) is 3.47. The predicted molar refractivity (Wildman–Crippen MR) is 47.5 cm³/mol. The normalized spacial score (nSPS) is 13.4. The largest absolute Gasteiger partial charge is 0.391 e. The Bertz CT molecular complexity index is 222. The van der Waals surface area contributed by atoms with Crippen molar-refractivity contribution in [2.45, 2.75) is 26.0 Å². The summed E-state index contributed by atoms with van der Waals surface area (Å²) in [4.78, 5) is 0.999. The van der Waals surface area contributed by atoms with E-state index in [4.69, 9.17) is 10.8 Å². The molecule has 3 N–H and O–H groups in total. The Morgan fingerprint density at radius 2 is 2.45 bits per heavy atom. The zero-order chi connectivity index (χ0) is 8.27. The zero-order valence-corrected chi connectivity index (χ0v) is 7.40. The molecule has 0 amide bonds. The summed E-state index contributed by atoms with van der Waals surface area (Å²) in [6.07, 6.45) is 0.920. The molecule has 1 aromatic heterocycles. The van der Waals surface area contributed by atoms with Crippen LogP contribution in [0.2, 0.25) is 0 Å². The van der Waals surface area contributed by atoms with Crippen LogP contribution < -0.4 is 5.73 Å². The van der Waals surface area contributed by atoms with Crippen LogP contribution >= 0.6 is 11.3 Å². The lowest BCUT2D eigenvalue weighted by molar-refractivity contribution is 0.283. The molecule has 3 heteroatoms. The van der Waals surface area contributed by atoms with Gasteiger partial charge in [0.05, 0.1) is 6.61 Å². The first-order valence-corrected chi connectivity index (χ1v) is 4.60. The van der Waals surface area contributed by atoms with Gasteiger partial charge in [0.2, 0.25) is 0 Å². The van der Waals surface area contributed by atoms with Crippen molar-refractivity contribution in [3.05, 3.63) is 21.9 Å². The highest BCUT2D eigenvalue weighted by Crippen LogP contribution is 2.23. The number of aliphatic hydroxyl groups is 1. The van der Waals surface area contributed by atoms with E-state index in [0.717, 1.165) is 16.9 Å². The summed E-state index contributed by atoms with van der Waals surface area (Å²) >= 11 is 1.56. The fraction of sp³-hybridized carbons (Fsp3) is 0.500. The van der Waals surface area contributed by atoms with Gasteiger partial charge in [0.1, 0.15) is 0 Å². The van der Waals surface area contributed by atoms with E-state index in [-0.39, 0.29) is 12.6 Å². The molecule has 1 atom stereocenters. The van der Waals surface area contributed by atoms with E-state index in [9.17, 15) is 0 Å². The van der Waals surface area contributed by atoms with Crippen molar-refractivity contribution < 1.29 is 5.11 Å². The molecule has 1 aromatic rings. The molecule has 1 unspecified atom stereocenters. The standard InChI is InChI=1S/C8H13NOS/c1-2-7(9)6-3-4-11-8(6)5-10/h3-4,7,10H,2,5,9H2,1H3. The van der Waals surface area contributed by atoms with Gasteiger partial charge in [-0.2, -0.15) is 0 Å². The molecule has 0 bridgehead atoms. The van der Waals surface area contributed by atoms with Crippen LogP contribution in [0.5, 0.6) is 0 Å². The average molecular weight is 171 g/mol. The summed E-state index contributed by atoms with van der Waals surface area (Å²) in [5, 5.41) is 10.9. The summed E-state index contributed by atoms with van der Waals surface area (Å²) in [5.41, 5.74) is 6.91. The number of hydrogen-bond acceptors (Lipinski definition) is 3. The second-order valence-electron chi connectivity index (χ2n) is 2.47. The molecule has 0 aliphatic heterocycles. The third kappa shape index (κ3) is 1.80. The third-order valence-electron chi connectivity index (χ3n) is 1.76. The van der Waals surface area contributed by atoms with Gasteiger partial charge < -0.3 is 10.8 Å². The monoisotopic (exact) mass is 171 g/mol. The summed E-state index contributed by atoms with van der Waals surface area (Å²) < 4.78 is 0. The quantitative estimate of drug-likeness (QED) is 0.726. The van der Waals surface area contributed by atoms with Crippen LogP contribution in [-0.4, -0.2) is 5.11 Å². The smallest absolute Gasteiger partial charge is 0.0777 e. The molecule has 0 saturated heterocycles. The van der Waals surface area contributed by atoms with E-state index in [1.54, 1.807) is 11.3 Å². The minimum atomic E-state index is 0.0865. The first-order valence-electron chi connectivity index (χ1n) is 3.72. The van der Waals surface area contributed by atoms with Gasteiger partial charge in [-0.1, -0.05) is 6.92 Å². The highest BCUT2D eigenvalue weighted by Gasteiger charge is 2.08. The van der Waals surface area contributed by atoms with E-state index in [2.05, 4.69) is 0 Å². The summed E-state index contributed by atoms with van der Waals surface area (Å²) in [6.45, 7) is 2.16. The number of aliphatic hydroxyl groups excluding tert-OH is 1. The third-order valence-corrected chi connectivity index (χ3v) is 2.68. The van der Waals surface area contributed by atoms with Crippen LogP contribution in [0.4, 0.5) is 0 Å². The van der Waals surface area contributed by atoms with E-state index in [1.807, 2.05) is 18.4 Å².